The number of benzene rings is 1. The Balaban J connectivity index is 2.75. The molecule has 0 amide bonds. The summed E-state index contributed by atoms with van der Waals surface area (Å²) in [4.78, 5) is 2.17. The minimum atomic E-state index is -0.235. The number of nitrogen functional groups attached to an aromatic ring is 1. The van der Waals surface area contributed by atoms with Gasteiger partial charge in [-0.2, -0.15) is 0 Å². The number of nitrogens with two attached hydrogens (primary N) is 1. The first-order valence-corrected chi connectivity index (χ1v) is 6.28. The largest absolute Gasteiger partial charge is 0.398 e. The minimum absolute atomic E-state index is 0.235. The molecule has 0 aliphatic rings. The third-order valence-electron chi connectivity index (χ3n) is 2.77. The summed E-state index contributed by atoms with van der Waals surface area (Å²) in [5, 5.41) is 0. The Morgan fingerprint density at radius 2 is 2.11 bits per heavy atom. The Kier molecular flexibility index (Phi) is 6.09. The minimum Gasteiger partial charge on any atom is -0.398 e. The van der Waals surface area contributed by atoms with E-state index >= 15 is 0 Å². The molecule has 3 nitrogen and oxygen atoms in total. The lowest BCUT2D eigenvalue weighted by Crippen LogP contribution is -2.31. The number of rotatable bonds is 7. The summed E-state index contributed by atoms with van der Waals surface area (Å²) in [5.41, 5.74) is 6.92. The molecular formula is C14H23FN2O. The molecule has 0 radical (unpaired) electrons. The number of anilines is 1. The normalized spacial score (nSPS) is 11.4. The summed E-state index contributed by atoms with van der Waals surface area (Å²) in [7, 11) is 1.67. The first-order chi connectivity index (χ1) is 8.54. The lowest BCUT2D eigenvalue weighted by molar-refractivity contribution is 0.135. The number of ether oxygens (including phenoxy) is 1. The molecule has 1 aromatic carbocycles. The average Bonchev–Trinajstić information content (AvgIpc) is 2.30. The maximum atomic E-state index is 13.7. The van der Waals surface area contributed by atoms with Crippen LogP contribution < -0.4 is 5.73 Å². The van der Waals surface area contributed by atoms with Crippen LogP contribution in [0, 0.1) is 11.7 Å². The molecule has 0 spiro atoms. The van der Waals surface area contributed by atoms with Gasteiger partial charge in [-0.05, 0) is 18.1 Å². The summed E-state index contributed by atoms with van der Waals surface area (Å²) < 4.78 is 18.8. The average molecular weight is 254 g/mol. The Morgan fingerprint density at radius 3 is 2.67 bits per heavy atom. The third-order valence-corrected chi connectivity index (χ3v) is 2.77. The summed E-state index contributed by atoms with van der Waals surface area (Å²) >= 11 is 0. The molecule has 4 heteroatoms. The summed E-state index contributed by atoms with van der Waals surface area (Å²) in [6.07, 6.45) is 0. The van der Waals surface area contributed by atoms with Gasteiger partial charge in [0, 0.05) is 38.0 Å². The van der Waals surface area contributed by atoms with E-state index in [9.17, 15) is 4.39 Å². The van der Waals surface area contributed by atoms with E-state index in [1.54, 1.807) is 19.2 Å². The van der Waals surface area contributed by atoms with Crippen molar-refractivity contribution in [2.24, 2.45) is 5.92 Å². The monoisotopic (exact) mass is 254 g/mol. The van der Waals surface area contributed by atoms with Crippen LogP contribution in [0.5, 0.6) is 0 Å². The second kappa shape index (κ2) is 7.34. The maximum Gasteiger partial charge on any atom is 0.129 e. The van der Waals surface area contributed by atoms with Gasteiger partial charge < -0.3 is 10.5 Å². The van der Waals surface area contributed by atoms with E-state index < -0.39 is 0 Å². The highest BCUT2D eigenvalue weighted by atomic mass is 19.1. The lowest BCUT2D eigenvalue weighted by Gasteiger charge is -2.24. The predicted molar refractivity (Wildman–Crippen MR) is 72.8 cm³/mol. The quantitative estimate of drug-likeness (QED) is 0.760. The van der Waals surface area contributed by atoms with Crippen LogP contribution in [0.15, 0.2) is 18.2 Å². The predicted octanol–water partition coefficient (Wildman–Crippen LogP) is 2.51. The number of methoxy groups -OCH3 is 1. The fourth-order valence-electron chi connectivity index (χ4n) is 1.94. The Morgan fingerprint density at radius 1 is 1.39 bits per heavy atom. The zero-order chi connectivity index (χ0) is 13.5. The highest BCUT2D eigenvalue weighted by molar-refractivity contribution is 5.47. The fourth-order valence-corrected chi connectivity index (χ4v) is 1.94. The van der Waals surface area contributed by atoms with Gasteiger partial charge in [0.2, 0.25) is 0 Å². The van der Waals surface area contributed by atoms with Gasteiger partial charge in [-0.1, -0.05) is 19.9 Å². The number of hydrogen-bond donors (Lipinski definition) is 1. The van der Waals surface area contributed by atoms with Crippen LogP contribution >= 0.6 is 0 Å². The molecular weight excluding hydrogens is 231 g/mol. The molecule has 102 valence electrons. The molecule has 0 saturated carbocycles. The highest BCUT2D eigenvalue weighted by Gasteiger charge is 2.13. The summed E-state index contributed by atoms with van der Waals surface area (Å²) in [6, 6.07) is 4.83. The van der Waals surface area contributed by atoms with E-state index in [0.29, 0.717) is 30.3 Å². The zero-order valence-corrected chi connectivity index (χ0v) is 11.4. The summed E-state index contributed by atoms with van der Waals surface area (Å²) in [5.74, 6) is 0.288. The van der Waals surface area contributed by atoms with Crippen LogP contribution in [0.1, 0.15) is 19.4 Å². The van der Waals surface area contributed by atoms with E-state index in [1.165, 1.54) is 6.07 Å². The van der Waals surface area contributed by atoms with E-state index in [1.807, 2.05) is 0 Å². The number of hydrogen-bond acceptors (Lipinski definition) is 3. The van der Waals surface area contributed by atoms with E-state index in [0.717, 1.165) is 13.1 Å². The first kappa shape index (κ1) is 14.9. The number of nitrogens with zero attached hydrogens (tertiary/aromatic N) is 1. The van der Waals surface area contributed by atoms with Crippen molar-refractivity contribution >= 4 is 5.69 Å². The van der Waals surface area contributed by atoms with Gasteiger partial charge in [-0.15, -0.1) is 0 Å². The summed E-state index contributed by atoms with van der Waals surface area (Å²) in [6.45, 7) is 7.13. The standard InChI is InChI=1S/C14H23FN2O/c1-11(2)9-17(7-8-18-3)10-12-13(15)5-4-6-14(12)16/h4-6,11H,7-10,16H2,1-3H3. The van der Waals surface area contributed by atoms with Gasteiger partial charge >= 0.3 is 0 Å². The number of halogens is 1. The molecule has 18 heavy (non-hydrogen) atoms. The van der Waals surface area contributed by atoms with Gasteiger partial charge in [0.1, 0.15) is 5.82 Å². The van der Waals surface area contributed by atoms with Gasteiger partial charge in [-0.25, -0.2) is 4.39 Å². The molecule has 0 aliphatic carbocycles. The van der Waals surface area contributed by atoms with Crippen LogP contribution in [-0.2, 0) is 11.3 Å². The van der Waals surface area contributed by atoms with Crippen molar-refractivity contribution in [3.05, 3.63) is 29.6 Å². The van der Waals surface area contributed by atoms with Crippen LogP contribution in [-0.4, -0.2) is 31.7 Å². The molecule has 0 atom stereocenters. The second-order valence-electron chi connectivity index (χ2n) is 4.93. The second-order valence-corrected chi connectivity index (χ2v) is 4.93. The van der Waals surface area contributed by atoms with Gasteiger partial charge in [0.05, 0.1) is 6.61 Å². The molecule has 0 aromatic heterocycles. The molecule has 1 rings (SSSR count). The van der Waals surface area contributed by atoms with Crippen molar-refractivity contribution < 1.29 is 9.13 Å². The van der Waals surface area contributed by atoms with E-state index in [-0.39, 0.29) is 5.82 Å². The fraction of sp³-hybridized carbons (Fsp3) is 0.571. The molecule has 2 N–H and O–H groups in total. The van der Waals surface area contributed by atoms with E-state index in [2.05, 4.69) is 18.7 Å². The Hall–Kier alpha value is -1.13. The maximum absolute atomic E-state index is 13.7. The van der Waals surface area contributed by atoms with Crippen molar-refractivity contribution in [1.29, 1.82) is 0 Å². The first-order valence-electron chi connectivity index (χ1n) is 6.28. The molecule has 0 unspecified atom stereocenters. The Bertz CT molecular complexity index is 349. The van der Waals surface area contributed by atoms with E-state index in [4.69, 9.17) is 10.5 Å². The highest BCUT2D eigenvalue weighted by Crippen LogP contribution is 2.18. The molecule has 1 aromatic rings. The van der Waals surface area contributed by atoms with Crippen LogP contribution in [0.3, 0.4) is 0 Å². The van der Waals surface area contributed by atoms with Crippen molar-refractivity contribution in [3.63, 3.8) is 0 Å². The van der Waals surface area contributed by atoms with Crippen LogP contribution in [0.4, 0.5) is 10.1 Å². The molecule has 0 saturated heterocycles. The van der Waals surface area contributed by atoms with Crippen LogP contribution in [0.2, 0.25) is 0 Å². The van der Waals surface area contributed by atoms with Crippen LogP contribution in [0.25, 0.3) is 0 Å². The van der Waals surface area contributed by atoms with Gasteiger partial charge in [0.15, 0.2) is 0 Å². The lowest BCUT2D eigenvalue weighted by atomic mass is 10.1. The SMILES string of the molecule is COCCN(Cc1c(N)cccc1F)CC(C)C. The third kappa shape index (κ3) is 4.63. The topological polar surface area (TPSA) is 38.5 Å². The van der Waals surface area contributed by atoms with Crippen molar-refractivity contribution in [2.75, 3.05) is 32.5 Å². The van der Waals surface area contributed by atoms with Gasteiger partial charge in [-0.3, -0.25) is 4.90 Å². The van der Waals surface area contributed by atoms with Crippen molar-refractivity contribution in [3.8, 4) is 0 Å². The zero-order valence-electron chi connectivity index (χ0n) is 11.4. The molecule has 0 aliphatic heterocycles. The van der Waals surface area contributed by atoms with Crippen molar-refractivity contribution in [1.82, 2.24) is 4.90 Å². The van der Waals surface area contributed by atoms with Gasteiger partial charge in [0.25, 0.3) is 0 Å². The smallest absolute Gasteiger partial charge is 0.129 e. The Labute approximate surface area is 109 Å². The molecule has 0 fully saturated rings. The van der Waals surface area contributed by atoms with Crippen molar-refractivity contribution in [2.45, 2.75) is 20.4 Å². The molecule has 0 bridgehead atoms. The molecule has 0 heterocycles.